The number of carbonyl (C=O) groups is 1. The molecule has 0 fully saturated rings. The second kappa shape index (κ2) is 7.04. The van der Waals surface area contributed by atoms with Gasteiger partial charge in [-0.15, -0.1) is 11.3 Å². The number of allylic oxidation sites excluding steroid dienone is 2. The van der Waals surface area contributed by atoms with Crippen molar-refractivity contribution in [2.45, 2.75) is 32.7 Å². The Morgan fingerprint density at radius 2 is 2.22 bits per heavy atom. The number of aryl methyl sites for hydroxylation is 1. The maximum atomic E-state index is 13.9. The van der Waals surface area contributed by atoms with E-state index in [-0.39, 0.29) is 17.6 Å². The molecule has 0 saturated carbocycles. The molecular formula is C18H19FN2OS. The van der Waals surface area contributed by atoms with Crippen LogP contribution in [0, 0.1) is 18.7 Å². The van der Waals surface area contributed by atoms with E-state index in [0.717, 1.165) is 29.8 Å². The average Bonchev–Trinajstić information content (AvgIpc) is 2.94. The summed E-state index contributed by atoms with van der Waals surface area (Å²) in [6, 6.07) is 6.63. The maximum Gasteiger partial charge on any atom is 0.223 e. The molecule has 1 atom stereocenters. The molecule has 1 amide bonds. The first-order valence-electron chi connectivity index (χ1n) is 7.79. The average molecular weight is 330 g/mol. The number of benzene rings is 1. The molecule has 120 valence electrons. The lowest BCUT2D eigenvalue weighted by molar-refractivity contribution is -0.125. The lowest BCUT2D eigenvalue weighted by atomic mass is 9.94. The van der Waals surface area contributed by atoms with Crippen LogP contribution in [0.5, 0.6) is 0 Å². The molecule has 0 spiro atoms. The standard InChI is InChI=1S/C18H19FN2OS/c1-12-16(11-20-17(22)13-7-3-2-4-8-13)23-18(21-12)14-9-5-6-10-15(14)19/h2-3,5-6,9-10,13H,4,7-8,11H2,1H3,(H,20,22). The van der Waals surface area contributed by atoms with Crippen molar-refractivity contribution in [2.24, 2.45) is 5.92 Å². The van der Waals surface area contributed by atoms with Crippen molar-refractivity contribution in [3.8, 4) is 10.6 Å². The van der Waals surface area contributed by atoms with Crippen LogP contribution in [-0.2, 0) is 11.3 Å². The predicted molar refractivity (Wildman–Crippen MR) is 90.6 cm³/mol. The van der Waals surface area contributed by atoms with Crippen molar-refractivity contribution in [1.82, 2.24) is 10.3 Å². The lowest BCUT2D eigenvalue weighted by Crippen LogP contribution is -2.30. The Morgan fingerprint density at radius 1 is 1.39 bits per heavy atom. The van der Waals surface area contributed by atoms with Gasteiger partial charge in [-0.25, -0.2) is 9.37 Å². The number of nitrogens with zero attached hydrogens (tertiary/aromatic N) is 1. The van der Waals surface area contributed by atoms with E-state index in [1.165, 1.54) is 17.4 Å². The fraction of sp³-hybridized carbons (Fsp3) is 0.333. The van der Waals surface area contributed by atoms with Crippen molar-refractivity contribution in [2.75, 3.05) is 0 Å². The van der Waals surface area contributed by atoms with Gasteiger partial charge in [0.1, 0.15) is 10.8 Å². The summed E-state index contributed by atoms with van der Waals surface area (Å²) in [5.74, 6) is -0.111. The van der Waals surface area contributed by atoms with E-state index in [2.05, 4.69) is 22.5 Å². The maximum absolute atomic E-state index is 13.9. The molecule has 2 aromatic rings. The number of amides is 1. The van der Waals surface area contributed by atoms with Crippen molar-refractivity contribution >= 4 is 17.2 Å². The van der Waals surface area contributed by atoms with Gasteiger partial charge in [0.2, 0.25) is 5.91 Å². The molecule has 1 aromatic carbocycles. The van der Waals surface area contributed by atoms with Gasteiger partial charge < -0.3 is 5.32 Å². The molecule has 0 radical (unpaired) electrons. The summed E-state index contributed by atoms with van der Waals surface area (Å²) in [6.45, 7) is 2.35. The first-order valence-corrected chi connectivity index (χ1v) is 8.60. The Labute approximate surface area is 139 Å². The number of nitrogens with one attached hydrogen (secondary N) is 1. The van der Waals surface area contributed by atoms with Gasteiger partial charge in [0.15, 0.2) is 0 Å². The van der Waals surface area contributed by atoms with Crippen molar-refractivity contribution < 1.29 is 9.18 Å². The Morgan fingerprint density at radius 3 is 2.96 bits per heavy atom. The van der Waals surface area contributed by atoms with E-state index in [1.54, 1.807) is 18.2 Å². The van der Waals surface area contributed by atoms with E-state index in [4.69, 9.17) is 0 Å². The van der Waals surface area contributed by atoms with Crippen molar-refractivity contribution in [1.29, 1.82) is 0 Å². The van der Waals surface area contributed by atoms with Crippen LogP contribution in [0.15, 0.2) is 36.4 Å². The molecule has 0 bridgehead atoms. The number of aromatic nitrogens is 1. The van der Waals surface area contributed by atoms with Gasteiger partial charge >= 0.3 is 0 Å². The number of hydrogen-bond acceptors (Lipinski definition) is 3. The third-order valence-electron chi connectivity index (χ3n) is 4.06. The molecule has 1 aliphatic carbocycles. The molecule has 1 aliphatic rings. The zero-order valence-electron chi connectivity index (χ0n) is 13.0. The highest BCUT2D eigenvalue weighted by atomic mass is 32.1. The van der Waals surface area contributed by atoms with Gasteiger partial charge in [-0.05, 0) is 38.3 Å². The van der Waals surface area contributed by atoms with E-state index >= 15 is 0 Å². The molecule has 1 unspecified atom stereocenters. The largest absolute Gasteiger partial charge is 0.351 e. The Kier molecular flexibility index (Phi) is 4.86. The second-order valence-electron chi connectivity index (χ2n) is 5.71. The van der Waals surface area contributed by atoms with Gasteiger partial charge in [0.25, 0.3) is 0 Å². The zero-order valence-corrected chi connectivity index (χ0v) is 13.8. The third-order valence-corrected chi connectivity index (χ3v) is 5.25. The third kappa shape index (κ3) is 3.67. The summed E-state index contributed by atoms with van der Waals surface area (Å²) in [5.41, 5.74) is 1.35. The first kappa shape index (κ1) is 15.9. The monoisotopic (exact) mass is 330 g/mol. The first-order chi connectivity index (χ1) is 11.1. The quantitative estimate of drug-likeness (QED) is 0.853. The molecule has 3 rings (SSSR count). The van der Waals surface area contributed by atoms with Crippen molar-refractivity contribution in [3.05, 3.63) is 52.8 Å². The minimum atomic E-state index is -0.272. The summed E-state index contributed by atoms with van der Waals surface area (Å²) in [6.07, 6.45) is 6.88. The molecule has 5 heteroatoms. The van der Waals surface area contributed by atoms with Gasteiger partial charge in [-0.1, -0.05) is 24.3 Å². The predicted octanol–water partition coefficient (Wildman–Crippen LogP) is 4.23. The lowest BCUT2D eigenvalue weighted by Gasteiger charge is -2.16. The Bertz CT molecular complexity index is 738. The zero-order chi connectivity index (χ0) is 16.2. The highest BCUT2D eigenvalue weighted by Gasteiger charge is 2.19. The van der Waals surface area contributed by atoms with Gasteiger partial charge in [-0.3, -0.25) is 4.79 Å². The molecular weight excluding hydrogens is 311 g/mol. The summed E-state index contributed by atoms with van der Waals surface area (Å²) in [4.78, 5) is 17.6. The number of carbonyl (C=O) groups excluding carboxylic acids is 1. The fourth-order valence-electron chi connectivity index (χ4n) is 2.69. The number of halogens is 1. The van der Waals surface area contributed by atoms with E-state index in [0.29, 0.717) is 17.1 Å². The molecule has 0 aliphatic heterocycles. The molecule has 1 aromatic heterocycles. The minimum absolute atomic E-state index is 0.0688. The van der Waals surface area contributed by atoms with Gasteiger partial charge in [-0.2, -0.15) is 0 Å². The normalized spacial score (nSPS) is 17.2. The summed E-state index contributed by atoms with van der Waals surface area (Å²) in [5, 5.41) is 3.65. The van der Waals surface area contributed by atoms with E-state index in [9.17, 15) is 9.18 Å². The van der Waals surface area contributed by atoms with E-state index in [1.807, 2.05) is 6.92 Å². The number of rotatable bonds is 4. The molecule has 1 N–H and O–H groups in total. The second-order valence-corrected chi connectivity index (χ2v) is 6.79. The number of hydrogen-bond donors (Lipinski definition) is 1. The summed E-state index contributed by atoms with van der Waals surface area (Å²) < 4.78 is 13.9. The van der Waals surface area contributed by atoms with Crippen molar-refractivity contribution in [3.63, 3.8) is 0 Å². The molecule has 23 heavy (non-hydrogen) atoms. The van der Waals surface area contributed by atoms with E-state index < -0.39 is 0 Å². The fourth-order valence-corrected chi connectivity index (χ4v) is 3.71. The highest BCUT2D eigenvalue weighted by Crippen LogP contribution is 2.29. The highest BCUT2D eigenvalue weighted by molar-refractivity contribution is 7.15. The Hall–Kier alpha value is -2.01. The molecule has 0 saturated heterocycles. The van der Waals surface area contributed by atoms with Crippen LogP contribution in [0.3, 0.4) is 0 Å². The molecule has 1 heterocycles. The number of thiazole rings is 1. The summed E-state index contributed by atoms with van der Waals surface area (Å²) in [7, 11) is 0. The van der Waals surface area contributed by atoms with Crippen LogP contribution in [0.4, 0.5) is 4.39 Å². The molecule has 3 nitrogen and oxygen atoms in total. The van der Waals surface area contributed by atoms with Crippen LogP contribution < -0.4 is 5.32 Å². The van der Waals surface area contributed by atoms with Crippen LogP contribution >= 0.6 is 11.3 Å². The minimum Gasteiger partial charge on any atom is -0.351 e. The SMILES string of the molecule is Cc1nc(-c2ccccc2F)sc1CNC(=O)C1CC=CCC1. The van der Waals surface area contributed by atoms with Gasteiger partial charge in [0, 0.05) is 16.4 Å². The topological polar surface area (TPSA) is 42.0 Å². The smallest absolute Gasteiger partial charge is 0.223 e. The van der Waals surface area contributed by atoms with Crippen LogP contribution in [0.2, 0.25) is 0 Å². The Balaban J connectivity index is 1.68. The van der Waals surface area contributed by atoms with Crippen LogP contribution in [0.25, 0.3) is 10.6 Å². The van der Waals surface area contributed by atoms with Gasteiger partial charge in [0.05, 0.1) is 12.2 Å². The van der Waals surface area contributed by atoms with Crippen LogP contribution in [0.1, 0.15) is 29.8 Å². The van der Waals surface area contributed by atoms with Crippen LogP contribution in [-0.4, -0.2) is 10.9 Å². The summed E-state index contributed by atoms with van der Waals surface area (Å²) >= 11 is 1.44.